The monoisotopic (exact) mass is 410 g/mol. The molecule has 0 radical (unpaired) electrons. The van der Waals surface area contributed by atoms with Crippen LogP contribution < -0.4 is 5.73 Å². The van der Waals surface area contributed by atoms with Crippen LogP contribution in [0.5, 0.6) is 0 Å². The minimum absolute atomic E-state index is 0.244. The topological polar surface area (TPSA) is 74.0 Å². The van der Waals surface area contributed by atoms with Crippen LogP contribution in [0.3, 0.4) is 0 Å². The van der Waals surface area contributed by atoms with Gasteiger partial charge in [-0.25, -0.2) is 18.9 Å². The third-order valence-electron chi connectivity index (χ3n) is 5.17. The molecule has 0 aliphatic heterocycles. The van der Waals surface area contributed by atoms with E-state index in [0.29, 0.717) is 6.54 Å². The maximum Gasteiger partial charge on any atom is 0.238 e. The minimum Gasteiger partial charge on any atom is -0.367 e. The number of nitrogens with two attached hydrogens (primary N) is 1. The lowest BCUT2D eigenvalue weighted by Gasteiger charge is -2.06. The summed E-state index contributed by atoms with van der Waals surface area (Å²) in [4.78, 5) is 8.54. The van der Waals surface area contributed by atoms with Crippen LogP contribution in [0.25, 0.3) is 27.7 Å². The van der Waals surface area contributed by atoms with Gasteiger partial charge in [-0.2, -0.15) is 0 Å². The minimum atomic E-state index is -0.420. The molecular formula is C23H31FN6. The molecule has 3 aromatic heterocycles. The molecule has 0 bridgehead atoms. The van der Waals surface area contributed by atoms with Crippen molar-refractivity contribution in [3.63, 3.8) is 0 Å². The second-order valence-corrected chi connectivity index (χ2v) is 7.47. The Balaban J connectivity index is 0.000000318. The second-order valence-electron chi connectivity index (χ2n) is 7.47. The van der Waals surface area contributed by atoms with Crippen molar-refractivity contribution >= 4 is 22.5 Å². The molecule has 3 heterocycles. The number of rotatable bonds is 7. The molecule has 160 valence electrons. The van der Waals surface area contributed by atoms with Gasteiger partial charge in [0.05, 0.1) is 35.1 Å². The Labute approximate surface area is 176 Å². The highest BCUT2D eigenvalue weighted by molar-refractivity contribution is 5.88. The number of unbranched alkanes of at least 4 members (excludes halogenated alkanes) is 4. The number of nitrogen functional groups attached to an aromatic ring is 1. The van der Waals surface area contributed by atoms with Crippen molar-refractivity contribution in [2.24, 2.45) is 0 Å². The first-order valence-electron chi connectivity index (χ1n) is 10.7. The number of imidazole rings is 1. The average Bonchev–Trinajstić information content (AvgIpc) is 3.33. The van der Waals surface area contributed by atoms with Crippen LogP contribution in [0.15, 0.2) is 36.8 Å². The molecule has 0 saturated carbocycles. The molecule has 4 aromatic rings. The summed E-state index contributed by atoms with van der Waals surface area (Å²) in [5, 5.41) is 4.20. The van der Waals surface area contributed by atoms with E-state index in [0.717, 1.165) is 33.4 Å². The molecule has 0 saturated heterocycles. The highest BCUT2D eigenvalue weighted by atomic mass is 19.1. The maximum atomic E-state index is 12.7. The summed E-state index contributed by atoms with van der Waals surface area (Å²) in [6.45, 7) is 6.28. The quantitative estimate of drug-likeness (QED) is 0.403. The van der Waals surface area contributed by atoms with Gasteiger partial charge in [-0.05, 0) is 30.7 Å². The first kappa shape index (κ1) is 21.7. The summed E-state index contributed by atoms with van der Waals surface area (Å²) in [6.07, 6.45) is 10.5. The molecule has 7 heteroatoms. The molecule has 0 aliphatic carbocycles. The van der Waals surface area contributed by atoms with E-state index in [1.165, 1.54) is 32.1 Å². The Bertz CT molecular complexity index is 1090. The van der Waals surface area contributed by atoms with Crippen molar-refractivity contribution in [2.45, 2.75) is 59.4 Å². The number of hydrogen-bond acceptors (Lipinski definition) is 4. The number of anilines is 1. The predicted molar refractivity (Wildman–Crippen MR) is 121 cm³/mol. The van der Waals surface area contributed by atoms with Gasteiger partial charge >= 0.3 is 0 Å². The van der Waals surface area contributed by atoms with E-state index in [9.17, 15) is 4.39 Å². The van der Waals surface area contributed by atoms with Gasteiger partial charge in [0.2, 0.25) is 5.95 Å². The molecule has 0 aliphatic rings. The lowest BCUT2D eigenvalue weighted by molar-refractivity contribution is 0.450. The third kappa shape index (κ3) is 4.78. The zero-order chi connectivity index (χ0) is 21.5. The highest BCUT2D eigenvalue weighted by Crippen LogP contribution is 2.29. The zero-order valence-electron chi connectivity index (χ0n) is 18.1. The summed E-state index contributed by atoms with van der Waals surface area (Å²) >= 11 is 0. The van der Waals surface area contributed by atoms with Crippen molar-refractivity contribution in [3.8, 4) is 11.1 Å². The lowest BCUT2D eigenvalue weighted by atomic mass is 10.1. The van der Waals surface area contributed by atoms with Crippen molar-refractivity contribution < 1.29 is 4.39 Å². The van der Waals surface area contributed by atoms with Gasteiger partial charge in [0.15, 0.2) is 0 Å². The molecule has 30 heavy (non-hydrogen) atoms. The Morgan fingerprint density at radius 3 is 2.53 bits per heavy atom. The molecule has 0 unspecified atom stereocenters. The van der Waals surface area contributed by atoms with Gasteiger partial charge in [0, 0.05) is 11.8 Å². The van der Waals surface area contributed by atoms with Gasteiger partial charge in [0.1, 0.15) is 6.67 Å². The predicted octanol–water partition coefficient (Wildman–Crippen LogP) is 5.58. The SMILES string of the molecule is CCCCCCC.Cc1nc(N)nn2ccc(-c3ccc4ncn(CCF)c4c3)c12. The Morgan fingerprint density at radius 1 is 1.07 bits per heavy atom. The number of hydrogen-bond donors (Lipinski definition) is 1. The summed E-state index contributed by atoms with van der Waals surface area (Å²) in [7, 11) is 0. The number of fused-ring (bicyclic) bond motifs is 2. The molecule has 6 nitrogen and oxygen atoms in total. The van der Waals surface area contributed by atoms with E-state index in [1.807, 2.05) is 42.0 Å². The fourth-order valence-electron chi connectivity index (χ4n) is 3.63. The fourth-order valence-corrected chi connectivity index (χ4v) is 3.63. The van der Waals surface area contributed by atoms with E-state index in [-0.39, 0.29) is 5.95 Å². The molecule has 0 atom stereocenters. The van der Waals surface area contributed by atoms with E-state index in [1.54, 1.807) is 10.8 Å². The normalized spacial score (nSPS) is 11.1. The van der Waals surface area contributed by atoms with E-state index in [4.69, 9.17) is 5.73 Å². The fraction of sp³-hybridized carbons (Fsp3) is 0.435. The number of halogens is 1. The largest absolute Gasteiger partial charge is 0.367 e. The zero-order valence-corrected chi connectivity index (χ0v) is 18.1. The Hall–Kier alpha value is -2.96. The van der Waals surface area contributed by atoms with E-state index >= 15 is 0 Å². The maximum absolute atomic E-state index is 12.7. The van der Waals surface area contributed by atoms with Crippen molar-refractivity contribution in [3.05, 3.63) is 42.5 Å². The van der Waals surface area contributed by atoms with Gasteiger partial charge < -0.3 is 10.3 Å². The summed E-state index contributed by atoms with van der Waals surface area (Å²) in [6, 6.07) is 7.94. The van der Waals surface area contributed by atoms with Crippen molar-refractivity contribution in [1.29, 1.82) is 0 Å². The Morgan fingerprint density at radius 2 is 1.83 bits per heavy atom. The standard InChI is InChI=1S/C16H15FN6.C7H16/c1-10-15-12(4-6-23(15)21-16(18)20-10)11-2-3-13-14(8-11)22(7-5-17)9-19-13;1-3-5-7-6-4-2/h2-4,6,8-9H,5,7H2,1H3,(H2,18,21);3-7H2,1-2H3. The van der Waals surface area contributed by atoms with Gasteiger partial charge in [-0.1, -0.05) is 52.0 Å². The third-order valence-corrected chi connectivity index (χ3v) is 5.17. The Kier molecular flexibility index (Phi) is 7.38. The van der Waals surface area contributed by atoms with Crippen LogP contribution in [-0.2, 0) is 6.54 Å². The van der Waals surface area contributed by atoms with Crippen LogP contribution >= 0.6 is 0 Å². The van der Waals surface area contributed by atoms with Crippen molar-refractivity contribution in [1.82, 2.24) is 24.1 Å². The van der Waals surface area contributed by atoms with Crippen molar-refractivity contribution in [2.75, 3.05) is 12.4 Å². The second kappa shape index (κ2) is 10.2. The summed E-state index contributed by atoms with van der Waals surface area (Å²) < 4.78 is 16.2. The molecule has 1 aromatic carbocycles. The molecule has 4 rings (SSSR count). The smallest absolute Gasteiger partial charge is 0.238 e. The number of benzene rings is 1. The number of aryl methyl sites for hydroxylation is 2. The van der Waals surface area contributed by atoms with Crippen LogP contribution in [0.4, 0.5) is 10.3 Å². The average molecular weight is 411 g/mol. The molecule has 0 fully saturated rings. The van der Waals surface area contributed by atoms with E-state index in [2.05, 4.69) is 28.9 Å². The van der Waals surface area contributed by atoms with Crippen LogP contribution in [0.1, 0.15) is 51.6 Å². The van der Waals surface area contributed by atoms with Gasteiger partial charge in [0.25, 0.3) is 0 Å². The highest BCUT2D eigenvalue weighted by Gasteiger charge is 2.12. The first-order valence-corrected chi connectivity index (χ1v) is 10.7. The molecule has 2 N–H and O–H groups in total. The number of nitrogens with zero attached hydrogens (tertiary/aromatic N) is 5. The van der Waals surface area contributed by atoms with Crippen LogP contribution in [0, 0.1) is 6.92 Å². The summed E-state index contributed by atoms with van der Waals surface area (Å²) in [5.41, 5.74) is 11.2. The first-order chi connectivity index (χ1) is 14.6. The summed E-state index contributed by atoms with van der Waals surface area (Å²) in [5.74, 6) is 0.244. The van der Waals surface area contributed by atoms with Crippen LogP contribution in [-0.4, -0.2) is 30.8 Å². The lowest BCUT2D eigenvalue weighted by Crippen LogP contribution is -2.03. The number of aromatic nitrogens is 5. The van der Waals surface area contributed by atoms with Gasteiger partial charge in [-0.15, -0.1) is 5.10 Å². The number of alkyl halides is 1. The molecule has 0 spiro atoms. The van der Waals surface area contributed by atoms with E-state index < -0.39 is 6.67 Å². The van der Waals surface area contributed by atoms with Crippen LogP contribution in [0.2, 0.25) is 0 Å². The van der Waals surface area contributed by atoms with Gasteiger partial charge in [-0.3, -0.25) is 0 Å². The molecular weight excluding hydrogens is 379 g/mol. The molecule has 0 amide bonds.